The molecule has 1 atom stereocenters. The highest BCUT2D eigenvalue weighted by Gasteiger charge is 2.27. The number of H-pyrrole nitrogens is 1. The van der Waals surface area contributed by atoms with Crippen LogP contribution in [0.5, 0.6) is 11.5 Å². The maximum absolute atomic E-state index is 14.8. The topological polar surface area (TPSA) is 76.2 Å². The van der Waals surface area contributed by atoms with Crippen LogP contribution in [0.25, 0.3) is 22.2 Å². The van der Waals surface area contributed by atoms with Crippen LogP contribution in [0.15, 0.2) is 67.0 Å². The van der Waals surface area contributed by atoms with Gasteiger partial charge in [0.15, 0.2) is 11.5 Å². The summed E-state index contributed by atoms with van der Waals surface area (Å²) in [5, 5.41) is 3.52. The number of aromatic nitrogens is 2. The molecule has 0 aliphatic carbocycles. The molecule has 6 nitrogen and oxygen atoms in total. The fraction of sp³-hybridized carbons (Fsp3) is 0.0909. The number of nitrogens with one attached hydrogen (secondary N) is 2. The molecular formula is C22H16FN3O3. The second-order valence-electron chi connectivity index (χ2n) is 6.65. The van der Waals surface area contributed by atoms with E-state index in [9.17, 15) is 9.18 Å². The zero-order valence-electron chi connectivity index (χ0n) is 15.2. The maximum Gasteiger partial charge on any atom is 0.269 e. The average Bonchev–Trinajstić information content (AvgIpc) is 3.23. The summed E-state index contributed by atoms with van der Waals surface area (Å²) in [5.74, 6) is 0.264. The minimum absolute atomic E-state index is 0.0892. The summed E-state index contributed by atoms with van der Waals surface area (Å²) in [5.41, 5.74) is 2.19. The number of aromatic amines is 1. The number of rotatable bonds is 3. The zero-order chi connectivity index (χ0) is 19.8. The van der Waals surface area contributed by atoms with E-state index in [0.29, 0.717) is 28.4 Å². The second kappa shape index (κ2) is 6.94. The quantitative estimate of drug-likeness (QED) is 0.552. The molecule has 2 aromatic carbocycles. The van der Waals surface area contributed by atoms with Gasteiger partial charge >= 0.3 is 0 Å². The van der Waals surface area contributed by atoms with Gasteiger partial charge in [-0.05, 0) is 48.0 Å². The average molecular weight is 389 g/mol. The number of carbonyl (C=O) groups is 1. The van der Waals surface area contributed by atoms with Gasteiger partial charge in [-0.2, -0.15) is 0 Å². The van der Waals surface area contributed by atoms with E-state index in [1.165, 1.54) is 6.07 Å². The third-order valence-corrected chi connectivity index (χ3v) is 4.79. The fourth-order valence-corrected chi connectivity index (χ4v) is 3.38. The van der Waals surface area contributed by atoms with Crippen LogP contribution in [0.2, 0.25) is 0 Å². The SMILES string of the molecule is O=C(Nc1ccc(-c2ccnc3[nH]ccc23)c(F)c1)C1COc2ccccc2O1. The van der Waals surface area contributed by atoms with Gasteiger partial charge in [-0.15, -0.1) is 0 Å². The van der Waals surface area contributed by atoms with Crippen LogP contribution in [0.1, 0.15) is 0 Å². The van der Waals surface area contributed by atoms with Crippen molar-refractivity contribution in [3.63, 3.8) is 0 Å². The molecular weight excluding hydrogens is 373 g/mol. The predicted octanol–water partition coefficient (Wildman–Crippen LogP) is 4.15. The number of para-hydroxylation sites is 2. The van der Waals surface area contributed by atoms with Crippen LogP contribution in [0.4, 0.5) is 10.1 Å². The molecule has 0 saturated heterocycles. The molecule has 2 aromatic heterocycles. The molecule has 2 N–H and O–H groups in total. The van der Waals surface area contributed by atoms with Gasteiger partial charge in [0.1, 0.15) is 18.1 Å². The molecule has 1 unspecified atom stereocenters. The molecule has 1 amide bonds. The van der Waals surface area contributed by atoms with Gasteiger partial charge in [0.25, 0.3) is 5.91 Å². The Kier molecular flexibility index (Phi) is 4.13. The number of hydrogen-bond donors (Lipinski definition) is 2. The molecule has 0 spiro atoms. The summed E-state index contributed by atoms with van der Waals surface area (Å²) in [6.45, 7) is 0.0892. The maximum atomic E-state index is 14.8. The van der Waals surface area contributed by atoms with Gasteiger partial charge in [0, 0.05) is 29.0 Å². The number of anilines is 1. The molecule has 4 aromatic rings. The molecule has 7 heteroatoms. The Labute approximate surface area is 165 Å². The summed E-state index contributed by atoms with van der Waals surface area (Å²) in [6, 6.07) is 15.4. The van der Waals surface area contributed by atoms with E-state index in [4.69, 9.17) is 9.47 Å². The number of fused-ring (bicyclic) bond motifs is 2. The monoisotopic (exact) mass is 389 g/mol. The Bertz CT molecular complexity index is 1220. The number of carbonyl (C=O) groups excluding carboxylic acids is 1. The standard InChI is InChI=1S/C22H16FN3O3/c23-17-11-13(5-6-15(17)14-7-9-24-21-16(14)8-10-25-21)26-22(27)20-12-28-18-3-1-2-4-19(18)29-20/h1-11,20H,12H2,(H,24,25)(H,26,27). The van der Waals surface area contributed by atoms with Crippen LogP contribution < -0.4 is 14.8 Å². The molecule has 1 aliphatic rings. The largest absolute Gasteiger partial charge is 0.485 e. The summed E-state index contributed by atoms with van der Waals surface area (Å²) >= 11 is 0. The van der Waals surface area contributed by atoms with Crippen LogP contribution in [0.3, 0.4) is 0 Å². The molecule has 1 aliphatic heterocycles. The highest BCUT2D eigenvalue weighted by atomic mass is 19.1. The van der Waals surface area contributed by atoms with Crippen LogP contribution in [-0.4, -0.2) is 28.6 Å². The van der Waals surface area contributed by atoms with Gasteiger partial charge in [0.2, 0.25) is 6.10 Å². The van der Waals surface area contributed by atoms with E-state index < -0.39 is 17.8 Å². The van der Waals surface area contributed by atoms with Crippen molar-refractivity contribution in [2.24, 2.45) is 0 Å². The zero-order valence-corrected chi connectivity index (χ0v) is 15.2. The molecule has 0 bridgehead atoms. The van der Waals surface area contributed by atoms with Crippen LogP contribution in [-0.2, 0) is 4.79 Å². The van der Waals surface area contributed by atoms with Crippen molar-refractivity contribution >= 4 is 22.6 Å². The van der Waals surface area contributed by atoms with Gasteiger partial charge in [-0.3, -0.25) is 4.79 Å². The lowest BCUT2D eigenvalue weighted by Gasteiger charge is -2.25. The Morgan fingerprint density at radius 1 is 1.10 bits per heavy atom. The molecule has 0 radical (unpaired) electrons. The molecule has 0 fully saturated rings. The molecule has 0 saturated carbocycles. The van der Waals surface area contributed by atoms with Crippen molar-refractivity contribution in [3.05, 3.63) is 72.8 Å². The number of ether oxygens (including phenoxy) is 2. The minimum Gasteiger partial charge on any atom is -0.485 e. The van der Waals surface area contributed by atoms with Gasteiger partial charge in [0.05, 0.1) is 0 Å². The molecule has 3 heterocycles. The Morgan fingerprint density at radius 3 is 2.83 bits per heavy atom. The molecule has 144 valence electrons. The lowest BCUT2D eigenvalue weighted by molar-refractivity contribution is -0.125. The summed E-state index contributed by atoms with van der Waals surface area (Å²) in [7, 11) is 0. The summed E-state index contributed by atoms with van der Waals surface area (Å²) < 4.78 is 26.1. The Morgan fingerprint density at radius 2 is 1.97 bits per heavy atom. The molecule has 29 heavy (non-hydrogen) atoms. The smallest absolute Gasteiger partial charge is 0.269 e. The fourth-order valence-electron chi connectivity index (χ4n) is 3.38. The number of hydrogen-bond acceptors (Lipinski definition) is 4. The summed E-state index contributed by atoms with van der Waals surface area (Å²) in [6.07, 6.45) is 2.58. The first-order valence-corrected chi connectivity index (χ1v) is 9.10. The van der Waals surface area contributed by atoms with Gasteiger partial charge in [-0.25, -0.2) is 9.37 Å². The number of halogens is 1. The predicted molar refractivity (Wildman–Crippen MR) is 106 cm³/mol. The first kappa shape index (κ1) is 17.2. The lowest BCUT2D eigenvalue weighted by atomic mass is 10.0. The van der Waals surface area contributed by atoms with Crippen molar-refractivity contribution in [1.29, 1.82) is 0 Å². The van der Waals surface area contributed by atoms with E-state index >= 15 is 0 Å². The highest BCUT2D eigenvalue weighted by Crippen LogP contribution is 2.32. The lowest BCUT2D eigenvalue weighted by Crippen LogP contribution is -2.40. The number of amides is 1. The van der Waals surface area contributed by atoms with E-state index in [1.807, 2.05) is 12.1 Å². The third kappa shape index (κ3) is 3.16. The Hall–Kier alpha value is -3.87. The normalized spacial score (nSPS) is 15.3. The van der Waals surface area contributed by atoms with E-state index in [0.717, 1.165) is 10.9 Å². The van der Waals surface area contributed by atoms with Crippen molar-refractivity contribution in [2.75, 3.05) is 11.9 Å². The van der Waals surface area contributed by atoms with Crippen LogP contribution >= 0.6 is 0 Å². The van der Waals surface area contributed by atoms with Crippen LogP contribution in [0, 0.1) is 5.82 Å². The van der Waals surface area contributed by atoms with Gasteiger partial charge < -0.3 is 19.8 Å². The minimum atomic E-state index is -0.813. The van der Waals surface area contributed by atoms with Crippen molar-refractivity contribution in [2.45, 2.75) is 6.10 Å². The van der Waals surface area contributed by atoms with Gasteiger partial charge in [-0.1, -0.05) is 12.1 Å². The number of pyridine rings is 1. The van der Waals surface area contributed by atoms with Crippen molar-refractivity contribution < 1.29 is 18.7 Å². The van der Waals surface area contributed by atoms with Crippen molar-refractivity contribution in [3.8, 4) is 22.6 Å². The third-order valence-electron chi connectivity index (χ3n) is 4.79. The summed E-state index contributed by atoms with van der Waals surface area (Å²) in [4.78, 5) is 19.8. The second-order valence-corrected chi connectivity index (χ2v) is 6.65. The Balaban J connectivity index is 1.36. The van der Waals surface area contributed by atoms with E-state index in [1.54, 1.807) is 48.8 Å². The van der Waals surface area contributed by atoms with E-state index in [-0.39, 0.29) is 6.61 Å². The highest BCUT2D eigenvalue weighted by molar-refractivity contribution is 5.96. The number of benzene rings is 2. The number of nitrogens with zero attached hydrogens (tertiary/aromatic N) is 1. The first-order chi connectivity index (χ1) is 14.2. The molecule has 5 rings (SSSR count). The van der Waals surface area contributed by atoms with Crippen molar-refractivity contribution in [1.82, 2.24) is 9.97 Å². The van der Waals surface area contributed by atoms with E-state index in [2.05, 4.69) is 15.3 Å². The first-order valence-electron chi connectivity index (χ1n) is 9.10.